The molecule has 3 atom stereocenters. The van der Waals surface area contributed by atoms with Crippen molar-refractivity contribution in [2.24, 2.45) is 0 Å². The van der Waals surface area contributed by atoms with Crippen LogP contribution in [0.2, 0.25) is 0 Å². The van der Waals surface area contributed by atoms with Gasteiger partial charge in [0.15, 0.2) is 18.0 Å². The first-order valence-electron chi connectivity index (χ1n) is 28.4. The number of carbonyl (C=O) groups is 2. The molecule has 0 spiro atoms. The Kier molecular flexibility index (Phi) is 29.2. The highest BCUT2D eigenvalue weighted by Gasteiger charge is 2.37. The molecule has 10 heteroatoms. The average molecular weight is 991 g/mol. The van der Waals surface area contributed by atoms with Crippen molar-refractivity contribution in [2.75, 3.05) is 40.9 Å². The molecule has 4 aromatic rings. The van der Waals surface area contributed by atoms with Crippen molar-refractivity contribution in [3.05, 3.63) is 54.6 Å². The molecule has 0 aromatic heterocycles. The third kappa shape index (κ3) is 23.6. The first-order chi connectivity index (χ1) is 33.9. The summed E-state index contributed by atoms with van der Waals surface area (Å²) in [7, 11) is 1.32. The van der Waals surface area contributed by atoms with E-state index < -0.39 is 32.6 Å². The number of ketones is 1. The summed E-state index contributed by atoms with van der Waals surface area (Å²) in [5, 5.41) is 6.17. The predicted octanol–water partition coefficient (Wildman–Crippen LogP) is 17.2. The third-order valence-electron chi connectivity index (χ3n) is 14.1. The van der Waals surface area contributed by atoms with Gasteiger partial charge in [-0.3, -0.25) is 18.6 Å². The van der Waals surface area contributed by atoms with Crippen LogP contribution in [0.5, 0.6) is 5.75 Å². The molecule has 394 valence electrons. The van der Waals surface area contributed by atoms with Crippen molar-refractivity contribution in [3.8, 4) is 5.75 Å². The fourth-order valence-electron chi connectivity index (χ4n) is 9.80. The lowest BCUT2D eigenvalue weighted by Crippen LogP contribution is -2.44. The van der Waals surface area contributed by atoms with Crippen LogP contribution < -0.4 is 4.74 Å². The van der Waals surface area contributed by atoms with Crippen LogP contribution in [-0.2, 0) is 27.9 Å². The summed E-state index contributed by atoms with van der Waals surface area (Å²) < 4.78 is 37.4. The van der Waals surface area contributed by atoms with Gasteiger partial charge in [0.25, 0.3) is 0 Å². The Morgan fingerprint density at radius 3 is 1.43 bits per heavy atom. The summed E-state index contributed by atoms with van der Waals surface area (Å²) in [6, 6.07) is 18.2. The fourth-order valence-corrected chi connectivity index (χ4v) is 10.5. The summed E-state index contributed by atoms with van der Waals surface area (Å²) in [6.45, 7) is 4.33. The largest absolute Gasteiger partial charge is 0.483 e. The highest BCUT2D eigenvalue weighted by Crippen LogP contribution is 2.44. The Morgan fingerprint density at radius 2 is 0.943 bits per heavy atom. The van der Waals surface area contributed by atoms with Gasteiger partial charge in [0.05, 0.1) is 27.7 Å². The number of hydrogen-bond donors (Lipinski definition) is 1. The van der Waals surface area contributed by atoms with E-state index in [-0.39, 0.29) is 25.2 Å². The number of unbranched alkanes of at least 4 members (excludes halogenated alkanes) is 28. The van der Waals surface area contributed by atoms with Gasteiger partial charge in [-0.05, 0) is 46.5 Å². The van der Waals surface area contributed by atoms with Crippen molar-refractivity contribution in [1.29, 1.82) is 0 Å². The van der Waals surface area contributed by atoms with Gasteiger partial charge in [0.1, 0.15) is 18.9 Å². The number of carbonyl (C=O) groups excluding carboxylic acids is 2. The third-order valence-corrected chi connectivity index (χ3v) is 15.1. The van der Waals surface area contributed by atoms with Crippen LogP contribution in [0, 0.1) is 0 Å². The minimum Gasteiger partial charge on any atom is -0.483 e. The highest BCUT2D eigenvalue weighted by atomic mass is 31.2. The molecule has 3 unspecified atom stereocenters. The number of hydrogen-bond acceptors (Lipinski definition) is 7. The smallest absolute Gasteiger partial charge is 0.472 e. The summed E-state index contributed by atoms with van der Waals surface area (Å²) in [6.07, 6.45) is 36.0. The van der Waals surface area contributed by atoms with E-state index in [0.29, 0.717) is 29.6 Å². The van der Waals surface area contributed by atoms with Gasteiger partial charge in [0.2, 0.25) is 0 Å². The molecule has 0 saturated carbocycles. The molecular weight excluding hydrogens is 894 g/mol. The number of nitrogens with zero attached hydrogens (tertiary/aromatic N) is 1. The Balaban J connectivity index is 1.17. The van der Waals surface area contributed by atoms with Crippen molar-refractivity contribution in [1.82, 2.24) is 0 Å². The zero-order chi connectivity index (χ0) is 50.3. The number of ether oxygens (including phenoxy) is 2. The molecule has 0 heterocycles. The molecule has 0 radical (unpaired) electrons. The van der Waals surface area contributed by atoms with Crippen LogP contribution in [-0.4, -0.2) is 74.2 Å². The van der Waals surface area contributed by atoms with Gasteiger partial charge in [-0.15, -0.1) is 0 Å². The van der Waals surface area contributed by atoms with Crippen LogP contribution in [0.1, 0.15) is 219 Å². The van der Waals surface area contributed by atoms with E-state index in [2.05, 4.69) is 38.1 Å². The molecule has 0 aliphatic rings. The maximum atomic E-state index is 14.1. The zero-order valence-electron chi connectivity index (χ0n) is 44.8. The number of benzene rings is 4. The zero-order valence-corrected chi connectivity index (χ0v) is 45.7. The second-order valence-corrected chi connectivity index (χ2v) is 22.9. The molecule has 9 nitrogen and oxygen atoms in total. The van der Waals surface area contributed by atoms with Gasteiger partial charge in [0, 0.05) is 23.6 Å². The molecule has 0 bridgehead atoms. The summed E-state index contributed by atoms with van der Waals surface area (Å²) in [5.74, 6) is -0.318. The lowest BCUT2D eigenvalue weighted by atomic mass is 9.94. The van der Waals surface area contributed by atoms with Gasteiger partial charge < -0.3 is 18.9 Å². The number of rotatable bonds is 44. The Hall–Kier alpha value is -3.07. The molecule has 1 N–H and O–H groups in total. The number of esters is 1. The maximum Gasteiger partial charge on any atom is 0.472 e. The molecule has 0 aliphatic heterocycles. The van der Waals surface area contributed by atoms with Crippen molar-refractivity contribution in [2.45, 2.75) is 232 Å². The SMILES string of the molecule is CCCCCCCCCCCCCCCCCCCCCCCCCCCCCC(=O)OC(C(=O)CCCCC)C(COP(=O)(O)OCC[N+](C)(C)C)Oc1ccc2ccc3cccc4ccc1c2c34. The van der Waals surface area contributed by atoms with E-state index in [1.807, 2.05) is 51.5 Å². The van der Waals surface area contributed by atoms with E-state index >= 15 is 0 Å². The van der Waals surface area contributed by atoms with Gasteiger partial charge in [-0.1, -0.05) is 236 Å². The normalized spacial score (nSPS) is 13.9. The minimum absolute atomic E-state index is 0.00809. The molecule has 0 amide bonds. The molecular formula is C60H97NO8P+. The van der Waals surface area contributed by atoms with Crippen LogP contribution in [0.4, 0.5) is 0 Å². The van der Waals surface area contributed by atoms with E-state index in [1.165, 1.54) is 148 Å². The molecule has 0 saturated heterocycles. The average Bonchev–Trinajstić information content (AvgIpc) is 3.33. The topological polar surface area (TPSA) is 108 Å². The number of quaternary nitrogens is 1. The van der Waals surface area contributed by atoms with Gasteiger partial charge >= 0.3 is 13.8 Å². The number of phosphoric acid groups is 1. The lowest BCUT2D eigenvalue weighted by Gasteiger charge is -2.28. The number of likely N-dealkylation sites (N-methyl/N-ethyl adjacent to an activating group) is 1. The highest BCUT2D eigenvalue weighted by molar-refractivity contribution is 7.47. The van der Waals surface area contributed by atoms with Gasteiger partial charge in [-0.2, -0.15) is 0 Å². The second kappa shape index (κ2) is 34.4. The molecule has 70 heavy (non-hydrogen) atoms. The van der Waals surface area contributed by atoms with Crippen LogP contribution >= 0.6 is 7.82 Å². The fraction of sp³-hybridized carbons (Fsp3) is 0.700. The standard InChI is InChI=1S/C60H96NO8P/c1-6-8-10-11-12-13-14-15-16-17-18-19-20-21-22-23-24-25-26-27-28-29-30-31-32-33-35-40-57(63)69-60(54(62)39-34-9-7-2)56(49-67-70(64,65)66-48-47-61(3,4)5)68-55-46-44-52-42-41-50-37-36-38-51-43-45-53(55)59(52)58(50)51/h36-38,41-46,56,60H,6-35,39-40,47-49H2,1-5H3/p+1. The maximum absolute atomic E-state index is 14.1. The van der Waals surface area contributed by atoms with Crippen LogP contribution in [0.3, 0.4) is 0 Å². The van der Waals surface area contributed by atoms with Crippen molar-refractivity contribution >= 4 is 51.9 Å². The first-order valence-corrected chi connectivity index (χ1v) is 29.9. The van der Waals surface area contributed by atoms with E-state index in [4.69, 9.17) is 18.5 Å². The summed E-state index contributed by atoms with van der Waals surface area (Å²) in [5.41, 5.74) is 0. The lowest BCUT2D eigenvalue weighted by molar-refractivity contribution is -0.870. The van der Waals surface area contributed by atoms with E-state index in [9.17, 15) is 19.0 Å². The molecule has 0 aliphatic carbocycles. The van der Waals surface area contributed by atoms with E-state index in [1.54, 1.807) is 0 Å². The van der Waals surface area contributed by atoms with E-state index in [0.717, 1.165) is 64.4 Å². The summed E-state index contributed by atoms with van der Waals surface area (Å²) >= 11 is 0. The Labute approximate surface area is 425 Å². The first kappa shape index (κ1) is 59.5. The van der Waals surface area contributed by atoms with Crippen molar-refractivity contribution in [3.63, 3.8) is 0 Å². The Morgan fingerprint density at radius 1 is 0.529 bits per heavy atom. The molecule has 4 aromatic carbocycles. The number of phosphoric ester groups is 1. The molecule has 4 rings (SSSR count). The van der Waals surface area contributed by atoms with Gasteiger partial charge in [-0.25, -0.2) is 4.57 Å². The van der Waals surface area contributed by atoms with Crippen molar-refractivity contribution < 1.29 is 42.1 Å². The Bertz CT molecular complexity index is 2050. The monoisotopic (exact) mass is 991 g/mol. The number of Topliss-reactive ketones (excluding diaryl/α,β-unsaturated/α-hetero) is 1. The van der Waals surface area contributed by atoms with Crippen LogP contribution in [0.15, 0.2) is 54.6 Å². The van der Waals surface area contributed by atoms with Crippen LogP contribution in [0.25, 0.3) is 32.3 Å². The predicted molar refractivity (Wildman–Crippen MR) is 293 cm³/mol. The minimum atomic E-state index is -4.56. The summed E-state index contributed by atoms with van der Waals surface area (Å²) in [4.78, 5) is 38.4. The molecule has 0 fully saturated rings. The quantitative estimate of drug-likeness (QED) is 0.0153. The second-order valence-electron chi connectivity index (χ2n) is 21.5.